The van der Waals surface area contributed by atoms with E-state index in [9.17, 15) is 4.79 Å². The van der Waals surface area contributed by atoms with E-state index in [2.05, 4.69) is 6.58 Å². The molecule has 0 aliphatic rings. The second-order valence-electron chi connectivity index (χ2n) is 5.62. The molecule has 0 aromatic rings. The van der Waals surface area contributed by atoms with E-state index in [4.69, 9.17) is 5.11 Å². The third-order valence-electron chi connectivity index (χ3n) is 3.08. The first kappa shape index (κ1) is 22.1. The van der Waals surface area contributed by atoms with Crippen molar-refractivity contribution in [2.24, 2.45) is 0 Å². The van der Waals surface area contributed by atoms with Crippen LogP contribution in [0.3, 0.4) is 0 Å². The summed E-state index contributed by atoms with van der Waals surface area (Å²) in [6.45, 7) is 11.6. The molecule has 0 unspecified atom stereocenters. The first-order valence-electron chi connectivity index (χ1n) is 8.10. The minimum atomic E-state index is -0.942. The summed E-state index contributed by atoms with van der Waals surface area (Å²) in [4.78, 5) is 10.4. The lowest BCUT2D eigenvalue weighted by Gasteiger charge is -1.90. The third kappa shape index (κ3) is 14.5. The van der Waals surface area contributed by atoms with Gasteiger partial charge in [0, 0.05) is 6.08 Å². The maximum atomic E-state index is 10.4. The van der Waals surface area contributed by atoms with E-state index in [0.29, 0.717) is 0 Å². The number of hydrogen-bond acceptors (Lipinski definition) is 1. The zero-order chi connectivity index (χ0) is 19.1. The summed E-state index contributed by atoms with van der Waals surface area (Å²) < 4.78 is 0. The maximum Gasteiger partial charge on any atom is 0.328 e. The van der Waals surface area contributed by atoms with Crippen LogP contribution in [0.15, 0.2) is 108 Å². The molecule has 0 saturated heterocycles. The Labute approximate surface area is 152 Å². The monoisotopic (exact) mass is 336 g/mol. The predicted octanol–water partition coefficient (Wildman–Crippen LogP) is 6.27. The first-order valence-corrected chi connectivity index (χ1v) is 8.10. The molecule has 132 valence electrons. The number of carboxylic acid groups (broad SMARTS) is 1. The van der Waals surface area contributed by atoms with Gasteiger partial charge in [0.25, 0.3) is 0 Å². The molecule has 0 aromatic heterocycles. The van der Waals surface area contributed by atoms with Gasteiger partial charge in [-0.05, 0) is 27.7 Å². The van der Waals surface area contributed by atoms with E-state index in [-0.39, 0.29) is 0 Å². The lowest BCUT2D eigenvalue weighted by atomic mass is 10.2. The molecule has 25 heavy (non-hydrogen) atoms. The lowest BCUT2D eigenvalue weighted by Crippen LogP contribution is -1.85. The molecule has 0 atom stereocenters. The molecule has 0 aliphatic carbocycles. The lowest BCUT2D eigenvalue weighted by molar-refractivity contribution is -0.131. The zero-order valence-corrected chi connectivity index (χ0v) is 15.6. The van der Waals surface area contributed by atoms with Gasteiger partial charge in [-0.25, -0.2) is 4.79 Å². The van der Waals surface area contributed by atoms with Crippen molar-refractivity contribution < 1.29 is 9.90 Å². The Bertz CT molecular complexity index is 688. The fourth-order valence-electron chi connectivity index (χ4n) is 1.56. The van der Waals surface area contributed by atoms with Crippen LogP contribution in [0.5, 0.6) is 0 Å². The molecule has 0 saturated carbocycles. The number of allylic oxidation sites excluding steroid dienone is 16. The first-order chi connectivity index (χ1) is 11.8. The fourth-order valence-corrected chi connectivity index (χ4v) is 1.56. The van der Waals surface area contributed by atoms with Gasteiger partial charge in [-0.3, -0.25) is 0 Å². The predicted molar refractivity (Wildman–Crippen MR) is 109 cm³/mol. The van der Waals surface area contributed by atoms with Gasteiger partial charge in [0.2, 0.25) is 0 Å². The van der Waals surface area contributed by atoms with Crippen molar-refractivity contribution in [2.75, 3.05) is 0 Å². The van der Waals surface area contributed by atoms with Crippen molar-refractivity contribution in [3.8, 4) is 0 Å². The number of aliphatic carboxylic acids is 1. The van der Waals surface area contributed by atoms with Crippen LogP contribution in [0.2, 0.25) is 0 Å². The SMILES string of the molecule is C=C/C(C)=C/C=C/C(C)=C/C=C/C=C(C)/C=C/C=C(C)/C=C/C(=O)O. The van der Waals surface area contributed by atoms with Crippen molar-refractivity contribution in [1.82, 2.24) is 0 Å². The van der Waals surface area contributed by atoms with Gasteiger partial charge in [0.15, 0.2) is 0 Å². The van der Waals surface area contributed by atoms with E-state index < -0.39 is 5.97 Å². The molecule has 1 N–H and O–H groups in total. The van der Waals surface area contributed by atoms with E-state index in [1.807, 2.05) is 94.5 Å². The topological polar surface area (TPSA) is 37.3 Å². The van der Waals surface area contributed by atoms with Crippen molar-refractivity contribution in [3.05, 3.63) is 108 Å². The summed E-state index contributed by atoms with van der Waals surface area (Å²) in [6, 6.07) is 0. The van der Waals surface area contributed by atoms with Gasteiger partial charge < -0.3 is 5.11 Å². The summed E-state index contributed by atoms with van der Waals surface area (Å²) in [5.74, 6) is -0.942. The van der Waals surface area contributed by atoms with Crippen LogP contribution in [0.25, 0.3) is 0 Å². The summed E-state index contributed by atoms with van der Waals surface area (Å²) in [5, 5.41) is 8.55. The summed E-state index contributed by atoms with van der Waals surface area (Å²) in [6.07, 6.45) is 24.4. The van der Waals surface area contributed by atoms with E-state index >= 15 is 0 Å². The molecular weight excluding hydrogens is 308 g/mol. The Kier molecular flexibility index (Phi) is 12.0. The highest BCUT2D eigenvalue weighted by Crippen LogP contribution is 2.01. The van der Waals surface area contributed by atoms with Crippen molar-refractivity contribution in [2.45, 2.75) is 27.7 Å². The molecule has 2 nitrogen and oxygen atoms in total. The van der Waals surface area contributed by atoms with Crippen LogP contribution in [0.4, 0.5) is 0 Å². The standard InChI is InChI=1S/C23H28O2/c1-6-19(2)13-9-14-20(3)11-7-8-12-21(4)15-10-16-22(5)17-18-23(24)25/h6-18H,1H2,2-5H3,(H,24,25)/b8-7+,14-9+,15-10+,18-17+,19-13+,20-11+,21-12+,22-16+. The second-order valence-corrected chi connectivity index (χ2v) is 5.62. The molecule has 0 spiro atoms. The van der Waals surface area contributed by atoms with E-state index in [0.717, 1.165) is 28.4 Å². The van der Waals surface area contributed by atoms with Gasteiger partial charge in [-0.2, -0.15) is 0 Å². The maximum absolute atomic E-state index is 10.4. The molecular formula is C23H28O2. The minimum absolute atomic E-state index is 0.882. The van der Waals surface area contributed by atoms with Crippen molar-refractivity contribution >= 4 is 5.97 Å². The number of carbonyl (C=O) groups is 1. The second kappa shape index (κ2) is 13.6. The number of hydrogen-bond donors (Lipinski definition) is 1. The van der Waals surface area contributed by atoms with E-state index in [1.54, 1.807) is 6.08 Å². The highest BCUT2D eigenvalue weighted by atomic mass is 16.4. The quantitative estimate of drug-likeness (QED) is 0.398. The average molecular weight is 336 g/mol. The van der Waals surface area contributed by atoms with Crippen LogP contribution >= 0.6 is 0 Å². The Balaban J connectivity index is 4.61. The largest absolute Gasteiger partial charge is 0.478 e. The highest BCUT2D eigenvalue weighted by Gasteiger charge is 1.85. The molecule has 0 radical (unpaired) electrons. The Morgan fingerprint density at radius 3 is 1.48 bits per heavy atom. The minimum Gasteiger partial charge on any atom is -0.478 e. The molecule has 0 rings (SSSR count). The van der Waals surface area contributed by atoms with Gasteiger partial charge in [-0.15, -0.1) is 0 Å². The molecule has 0 fully saturated rings. The van der Waals surface area contributed by atoms with Crippen LogP contribution in [0.1, 0.15) is 27.7 Å². The summed E-state index contributed by atoms with van der Waals surface area (Å²) >= 11 is 0. The smallest absolute Gasteiger partial charge is 0.328 e. The fraction of sp³-hybridized carbons (Fsp3) is 0.174. The molecule has 0 aliphatic heterocycles. The van der Waals surface area contributed by atoms with Crippen molar-refractivity contribution in [1.29, 1.82) is 0 Å². The molecule has 0 bridgehead atoms. The van der Waals surface area contributed by atoms with Gasteiger partial charge in [0.05, 0.1) is 0 Å². The third-order valence-corrected chi connectivity index (χ3v) is 3.08. The Morgan fingerprint density at radius 1 is 0.640 bits per heavy atom. The van der Waals surface area contributed by atoms with Gasteiger partial charge >= 0.3 is 5.97 Å². The molecule has 0 amide bonds. The Hall–Kier alpha value is -2.87. The molecule has 0 aromatic carbocycles. The van der Waals surface area contributed by atoms with E-state index in [1.165, 1.54) is 0 Å². The average Bonchev–Trinajstić information content (AvgIpc) is 2.56. The molecule has 2 heteroatoms. The summed E-state index contributed by atoms with van der Waals surface area (Å²) in [7, 11) is 0. The van der Waals surface area contributed by atoms with Crippen molar-refractivity contribution in [3.63, 3.8) is 0 Å². The summed E-state index contributed by atoms with van der Waals surface area (Å²) in [5.41, 5.74) is 4.28. The van der Waals surface area contributed by atoms with Gasteiger partial charge in [0.1, 0.15) is 0 Å². The van der Waals surface area contributed by atoms with Crippen LogP contribution in [0, 0.1) is 0 Å². The number of rotatable bonds is 9. The van der Waals surface area contributed by atoms with Gasteiger partial charge in [-0.1, -0.05) is 102 Å². The van der Waals surface area contributed by atoms with Crippen LogP contribution in [-0.2, 0) is 4.79 Å². The number of carboxylic acids is 1. The normalized spacial score (nSPS) is 15.2. The Morgan fingerprint density at radius 2 is 1.04 bits per heavy atom. The highest BCUT2D eigenvalue weighted by molar-refractivity contribution is 5.80. The van der Waals surface area contributed by atoms with Crippen LogP contribution in [-0.4, -0.2) is 11.1 Å². The zero-order valence-electron chi connectivity index (χ0n) is 15.6. The van der Waals surface area contributed by atoms with Crippen LogP contribution < -0.4 is 0 Å². The molecule has 0 heterocycles.